The number of carbonyl (C=O) groups is 1. The number of hydrogen-bond donors (Lipinski definition) is 2. The molecule has 0 saturated heterocycles. The average molecular weight is 481 g/mol. The van der Waals surface area contributed by atoms with Gasteiger partial charge in [0, 0.05) is 23.9 Å². The third kappa shape index (κ3) is 5.32. The lowest BCUT2D eigenvalue weighted by Gasteiger charge is -2.11. The van der Waals surface area contributed by atoms with E-state index in [2.05, 4.69) is 10.0 Å². The minimum absolute atomic E-state index is 0.0756. The van der Waals surface area contributed by atoms with Crippen LogP contribution in [0.15, 0.2) is 71.6 Å². The summed E-state index contributed by atoms with van der Waals surface area (Å²) in [7, 11) is -3.65. The molecular formula is C25H24N2O6S. The first-order chi connectivity index (χ1) is 16.5. The Morgan fingerprint density at radius 1 is 0.971 bits per heavy atom. The maximum atomic E-state index is 12.8. The highest BCUT2D eigenvalue weighted by Crippen LogP contribution is 2.35. The van der Waals surface area contributed by atoms with Crippen molar-refractivity contribution in [2.24, 2.45) is 5.92 Å². The fourth-order valence-electron chi connectivity index (χ4n) is 3.51. The summed E-state index contributed by atoms with van der Waals surface area (Å²) < 4.78 is 44.2. The average Bonchev–Trinajstić information content (AvgIpc) is 3.57. The van der Waals surface area contributed by atoms with Gasteiger partial charge in [0.2, 0.25) is 16.8 Å². The highest BCUT2D eigenvalue weighted by atomic mass is 32.2. The van der Waals surface area contributed by atoms with Gasteiger partial charge in [-0.1, -0.05) is 18.2 Å². The molecule has 176 valence electrons. The lowest BCUT2D eigenvalue weighted by Crippen LogP contribution is -2.26. The molecule has 1 aliphatic carbocycles. The Morgan fingerprint density at radius 3 is 2.65 bits per heavy atom. The van der Waals surface area contributed by atoms with Gasteiger partial charge in [-0.05, 0) is 66.8 Å². The van der Waals surface area contributed by atoms with Crippen molar-refractivity contribution in [3.63, 3.8) is 0 Å². The SMILES string of the molecule is O=C(Nc1cccc(COc2ccc3c(c2)OCO3)c1)c1cccc(S(=O)(=O)NCC2CC2)c1. The maximum Gasteiger partial charge on any atom is 0.255 e. The van der Waals surface area contributed by atoms with E-state index in [1.165, 1.54) is 12.1 Å². The number of hydrogen-bond acceptors (Lipinski definition) is 6. The summed E-state index contributed by atoms with van der Waals surface area (Å²) in [5.74, 6) is 2.00. The van der Waals surface area contributed by atoms with Gasteiger partial charge in [-0.2, -0.15) is 0 Å². The molecule has 1 fully saturated rings. The van der Waals surface area contributed by atoms with Gasteiger partial charge in [-0.15, -0.1) is 0 Å². The van der Waals surface area contributed by atoms with Crippen molar-refractivity contribution < 1.29 is 27.4 Å². The fourth-order valence-corrected chi connectivity index (χ4v) is 4.67. The molecule has 2 aliphatic rings. The Kier molecular flexibility index (Phi) is 6.12. The van der Waals surface area contributed by atoms with E-state index in [-0.39, 0.29) is 17.3 Å². The molecule has 3 aromatic rings. The fraction of sp³-hybridized carbons (Fsp3) is 0.240. The molecule has 0 unspecified atom stereocenters. The highest BCUT2D eigenvalue weighted by molar-refractivity contribution is 7.89. The van der Waals surface area contributed by atoms with E-state index in [4.69, 9.17) is 14.2 Å². The molecule has 0 aromatic heterocycles. The zero-order chi connectivity index (χ0) is 23.5. The number of nitrogens with one attached hydrogen (secondary N) is 2. The zero-order valence-corrected chi connectivity index (χ0v) is 19.1. The minimum Gasteiger partial charge on any atom is -0.489 e. The van der Waals surface area contributed by atoms with Crippen LogP contribution < -0.4 is 24.2 Å². The van der Waals surface area contributed by atoms with E-state index in [1.54, 1.807) is 36.4 Å². The van der Waals surface area contributed by atoms with Crippen molar-refractivity contribution >= 4 is 21.6 Å². The van der Waals surface area contributed by atoms with Crippen molar-refractivity contribution in [1.29, 1.82) is 0 Å². The van der Waals surface area contributed by atoms with Crippen LogP contribution in [0.2, 0.25) is 0 Å². The monoisotopic (exact) mass is 480 g/mol. The Bertz CT molecular complexity index is 1320. The van der Waals surface area contributed by atoms with Gasteiger partial charge < -0.3 is 19.5 Å². The van der Waals surface area contributed by atoms with Gasteiger partial charge >= 0.3 is 0 Å². The van der Waals surface area contributed by atoms with E-state index in [0.29, 0.717) is 42.0 Å². The Hall–Kier alpha value is -3.56. The van der Waals surface area contributed by atoms with Crippen LogP contribution >= 0.6 is 0 Å². The van der Waals surface area contributed by atoms with Crippen LogP contribution in [0.1, 0.15) is 28.8 Å². The van der Waals surface area contributed by atoms with E-state index in [1.807, 2.05) is 18.2 Å². The second-order valence-electron chi connectivity index (χ2n) is 8.28. The zero-order valence-electron chi connectivity index (χ0n) is 18.3. The molecule has 0 radical (unpaired) electrons. The second kappa shape index (κ2) is 9.36. The lowest BCUT2D eigenvalue weighted by atomic mass is 10.2. The normalized spacial score (nSPS) is 14.6. The summed E-state index contributed by atoms with van der Waals surface area (Å²) in [6.45, 7) is 0.927. The Morgan fingerprint density at radius 2 is 1.79 bits per heavy atom. The Balaban J connectivity index is 1.22. The van der Waals surface area contributed by atoms with E-state index < -0.39 is 15.9 Å². The van der Waals surface area contributed by atoms with Gasteiger partial charge in [0.15, 0.2) is 11.5 Å². The smallest absolute Gasteiger partial charge is 0.255 e. The molecular weight excluding hydrogens is 456 g/mol. The Labute approximate surface area is 197 Å². The molecule has 3 aromatic carbocycles. The number of benzene rings is 3. The third-order valence-electron chi connectivity index (χ3n) is 5.60. The number of rotatable bonds is 9. The number of fused-ring (bicyclic) bond motifs is 1. The first-order valence-corrected chi connectivity index (χ1v) is 12.5. The van der Waals surface area contributed by atoms with Crippen LogP contribution in [0.5, 0.6) is 17.2 Å². The molecule has 5 rings (SSSR count). The van der Waals surface area contributed by atoms with E-state index in [0.717, 1.165) is 18.4 Å². The molecule has 0 bridgehead atoms. The van der Waals surface area contributed by atoms with Crippen LogP contribution in [0.3, 0.4) is 0 Å². The van der Waals surface area contributed by atoms with Crippen molar-refractivity contribution in [2.75, 3.05) is 18.7 Å². The molecule has 1 heterocycles. The number of ether oxygens (including phenoxy) is 3. The first kappa shape index (κ1) is 22.2. The predicted octanol–water partition coefficient (Wildman–Crippen LogP) is 3.93. The molecule has 8 nitrogen and oxygen atoms in total. The molecule has 0 spiro atoms. The molecule has 0 atom stereocenters. The van der Waals surface area contributed by atoms with Crippen LogP contribution in [0.4, 0.5) is 5.69 Å². The number of amides is 1. The summed E-state index contributed by atoms with van der Waals surface area (Å²) >= 11 is 0. The van der Waals surface area contributed by atoms with Crippen molar-refractivity contribution in [1.82, 2.24) is 4.72 Å². The van der Waals surface area contributed by atoms with Gasteiger partial charge in [0.1, 0.15) is 12.4 Å². The molecule has 1 saturated carbocycles. The van der Waals surface area contributed by atoms with Gasteiger partial charge in [-0.25, -0.2) is 13.1 Å². The quantitative estimate of drug-likeness (QED) is 0.481. The van der Waals surface area contributed by atoms with Crippen LogP contribution in [-0.2, 0) is 16.6 Å². The van der Waals surface area contributed by atoms with E-state index in [9.17, 15) is 13.2 Å². The highest BCUT2D eigenvalue weighted by Gasteiger charge is 2.24. The number of sulfonamides is 1. The van der Waals surface area contributed by atoms with Gasteiger partial charge in [0.25, 0.3) is 5.91 Å². The van der Waals surface area contributed by atoms with Crippen LogP contribution in [0.25, 0.3) is 0 Å². The third-order valence-corrected chi connectivity index (χ3v) is 7.02. The van der Waals surface area contributed by atoms with Crippen molar-refractivity contribution in [2.45, 2.75) is 24.3 Å². The topological polar surface area (TPSA) is 103 Å². The predicted molar refractivity (Wildman–Crippen MR) is 126 cm³/mol. The molecule has 1 aliphatic heterocycles. The first-order valence-electron chi connectivity index (χ1n) is 11.0. The van der Waals surface area contributed by atoms with Gasteiger partial charge in [-0.3, -0.25) is 4.79 Å². The van der Waals surface area contributed by atoms with Crippen molar-refractivity contribution in [3.05, 3.63) is 77.9 Å². The molecule has 2 N–H and O–H groups in total. The van der Waals surface area contributed by atoms with Gasteiger partial charge in [0.05, 0.1) is 4.90 Å². The van der Waals surface area contributed by atoms with Crippen molar-refractivity contribution in [3.8, 4) is 17.2 Å². The van der Waals surface area contributed by atoms with Crippen LogP contribution in [-0.4, -0.2) is 27.7 Å². The number of anilines is 1. The summed E-state index contributed by atoms with van der Waals surface area (Å²) in [4.78, 5) is 12.9. The largest absolute Gasteiger partial charge is 0.489 e. The molecule has 34 heavy (non-hydrogen) atoms. The minimum atomic E-state index is -3.65. The standard InChI is InChI=1S/C25H24N2O6S/c28-25(19-4-2-6-22(12-19)34(29,30)26-14-17-7-8-17)27-20-5-1-3-18(11-20)15-31-21-9-10-23-24(13-21)33-16-32-23/h1-6,9-13,17,26H,7-8,14-16H2,(H,27,28). The summed E-state index contributed by atoms with van der Waals surface area (Å²) in [5, 5.41) is 2.82. The molecule has 1 amide bonds. The summed E-state index contributed by atoms with van der Waals surface area (Å²) in [5.41, 5.74) is 1.70. The maximum absolute atomic E-state index is 12.8. The summed E-state index contributed by atoms with van der Waals surface area (Å²) in [6.07, 6.45) is 2.09. The lowest BCUT2D eigenvalue weighted by molar-refractivity contribution is 0.102. The number of carbonyl (C=O) groups excluding carboxylic acids is 1. The molecule has 9 heteroatoms. The summed E-state index contributed by atoms with van der Waals surface area (Å²) in [6, 6.07) is 18.7. The van der Waals surface area contributed by atoms with Crippen LogP contribution in [0, 0.1) is 5.92 Å². The second-order valence-corrected chi connectivity index (χ2v) is 10.0. The van der Waals surface area contributed by atoms with E-state index >= 15 is 0 Å².